The Morgan fingerprint density at radius 2 is 1.61 bits per heavy atom. The number of pyridine rings is 1. The second kappa shape index (κ2) is 11.4. The molecule has 3 nitrogen and oxygen atoms in total. The van der Waals surface area contributed by atoms with Gasteiger partial charge >= 0.3 is 0 Å². The summed E-state index contributed by atoms with van der Waals surface area (Å²) in [6, 6.07) is 30.4. The molecule has 0 spiro atoms. The average Bonchev–Trinajstić information content (AvgIpc) is 2.73. The summed E-state index contributed by atoms with van der Waals surface area (Å²) < 4.78 is 0. The van der Waals surface area contributed by atoms with E-state index in [0.717, 1.165) is 16.8 Å². The maximum Gasteiger partial charge on any atom is 0.155 e. The third-order valence-corrected chi connectivity index (χ3v) is 4.49. The van der Waals surface area contributed by atoms with Crippen molar-refractivity contribution in [3.8, 4) is 22.4 Å². The molecular weight excluding hydrogens is 563 g/mol. The van der Waals surface area contributed by atoms with Crippen LogP contribution in [-0.2, 0) is 24.9 Å². The molecule has 0 saturated heterocycles. The van der Waals surface area contributed by atoms with Crippen LogP contribution in [0.5, 0.6) is 0 Å². The Kier molecular flexibility index (Phi) is 8.87. The quantitative estimate of drug-likeness (QED) is 0.165. The minimum Gasteiger partial charge on any atom is -0.512 e. The van der Waals surface area contributed by atoms with Gasteiger partial charge in [0, 0.05) is 26.2 Å². The van der Waals surface area contributed by atoms with Gasteiger partial charge in [0.25, 0.3) is 0 Å². The molecule has 1 aromatic heterocycles. The zero-order valence-electron chi connectivity index (χ0n) is 17.7. The number of carbonyl (C=O) groups excluding carboxylic acids is 1. The Labute approximate surface area is 196 Å². The Morgan fingerprint density at radius 1 is 0.935 bits per heavy atom. The fourth-order valence-corrected chi connectivity index (χ4v) is 3.20. The molecular formula is C27H24IrNO2-. The molecule has 3 aromatic carbocycles. The van der Waals surface area contributed by atoms with Gasteiger partial charge in [-0.25, -0.2) is 0 Å². The Bertz CT molecular complexity index is 1200. The standard InChI is InChI=1S/C22H16N.C5H8O2.Ir/c1-16-14-19-10-5-6-13-21(19)23-22(16)20-12-7-11-18(15-20)17-8-3-2-4-9-17;1-4(6)3-5(2)7;/h2-11,13-15H,1H3;3,6H,1-2H3;/q-1;;/b;4-3-;. The molecule has 31 heavy (non-hydrogen) atoms. The number of ketones is 1. The molecule has 0 aliphatic rings. The van der Waals surface area contributed by atoms with Crippen molar-refractivity contribution in [2.75, 3.05) is 0 Å². The predicted octanol–water partition coefficient (Wildman–Crippen LogP) is 6.71. The Balaban J connectivity index is 0.000000373. The number of para-hydroxylation sites is 1. The molecule has 0 saturated carbocycles. The minimum atomic E-state index is -0.125. The number of aromatic nitrogens is 1. The Hall–Kier alpha value is -3.07. The van der Waals surface area contributed by atoms with Crippen LogP contribution in [0.2, 0.25) is 0 Å². The van der Waals surface area contributed by atoms with Crippen molar-refractivity contribution < 1.29 is 30.0 Å². The third-order valence-electron chi connectivity index (χ3n) is 4.49. The number of benzene rings is 3. The molecule has 1 heterocycles. The van der Waals surface area contributed by atoms with Crippen molar-refractivity contribution in [1.82, 2.24) is 4.98 Å². The van der Waals surface area contributed by atoms with Crippen LogP contribution in [0, 0.1) is 13.0 Å². The number of rotatable bonds is 3. The van der Waals surface area contributed by atoms with E-state index in [1.807, 2.05) is 24.3 Å². The summed E-state index contributed by atoms with van der Waals surface area (Å²) >= 11 is 0. The van der Waals surface area contributed by atoms with E-state index in [1.165, 1.54) is 42.0 Å². The molecule has 0 atom stereocenters. The van der Waals surface area contributed by atoms with E-state index >= 15 is 0 Å². The molecule has 4 aromatic rings. The van der Waals surface area contributed by atoms with E-state index in [-0.39, 0.29) is 31.6 Å². The molecule has 0 fully saturated rings. The number of aliphatic hydroxyl groups excluding tert-OH is 1. The summed E-state index contributed by atoms with van der Waals surface area (Å²) in [5.74, 6) is -0.0625. The van der Waals surface area contributed by atoms with Crippen LogP contribution in [0.25, 0.3) is 33.3 Å². The van der Waals surface area contributed by atoms with Gasteiger partial charge in [-0.2, -0.15) is 0 Å². The van der Waals surface area contributed by atoms with E-state index in [0.29, 0.717) is 0 Å². The van der Waals surface area contributed by atoms with Crippen molar-refractivity contribution in [3.63, 3.8) is 0 Å². The molecule has 4 rings (SSSR count). The molecule has 0 unspecified atom stereocenters. The SMILES string of the molecule is CC(=O)/C=C(/C)O.Cc1cc2ccccc2nc1-c1[c-]ccc(-c2ccccc2)c1.[Ir]. The summed E-state index contributed by atoms with van der Waals surface area (Å²) in [4.78, 5) is 14.9. The zero-order chi connectivity index (χ0) is 21.5. The van der Waals surface area contributed by atoms with Gasteiger partial charge in [-0.05, 0) is 43.5 Å². The molecule has 4 heteroatoms. The first-order chi connectivity index (χ1) is 14.4. The predicted molar refractivity (Wildman–Crippen MR) is 123 cm³/mol. The molecule has 159 valence electrons. The van der Waals surface area contributed by atoms with E-state index < -0.39 is 0 Å². The van der Waals surface area contributed by atoms with Gasteiger partial charge in [-0.15, -0.1) is 35.4 Å². The van der Waals surface area contributed by atoms with Gasteiger partial charge < -0.3 is 5.11 Å². The fraction of sp³-hybridized carbons (Fsp3) is 0.111. The molecule has 1 radical (unpaired) electrons. The topological polar surface area (TPSA) is 50.2 Å². The summed E-state index contributed by atoms with van der Waals surface area (Å²) in [6.45, 7) is 4.96. The molecule has 1 N–H and O–H groups in total. The van der Waals surface area contributed by atoms with Crippen LogP contribution in [0.1, 0.15) is 19.4 Å². The van der Waals surface area contributed by atoms with Crippen molar-refractivity contribution in [3.05, 3.63) is 102 Å². The second-order valence-electron chi connectivity index (χ2n) is 7.10. The number of allylic oxidation sites excluding steroid dienone is 2. The Morgan fingerprint density at radius 3 is 2.26 bits per heavy atom. The first-order valence-corrected chi connectivity index (χ1v) is 9.76. The van der Waals surface area contributed by atoms with E-state index in [1.54, 1.807) is 0 Å². The van der Waals surface area contributed by atoms with Gasteiger partial charge in [-0.3, -0.25) is 9.78 Å². The van der Waals surface area contributed by atoms with Crippen LogP contribution in [0.15, 0.2) is 90.7 Å². The fourth-order valence-electron chi connectivity index (χ4n) is 3.20. The number of nitrogens with zero attached hydrogens (tertiary/aromatic N) is 1. The van der Waals surface area contributed by atoms with Crippen molar-refractivity contribution in [2.45, 2.75) is 20.8 Å². The summed E-state index contributed by atoms with van der Waals surface area (Å²) in [7, 11) is 0. The zero-order valence-corrected chi connectivity index (χ0v) is 20.1. The minimum absolute atomic E-state index is 0. The summed E-state index contributed by atoms with van der Waals surface area (Å²) in [5, 5.41) is 9.54. The number of aryl methyl sites for hydroxylation is 1. The van der Waals surface area contributed by atoms with Crippen LogP contribution < -0.4 is 0 Å². The van der Waals surface area contributed by atoms with Crippen molar-refractivity contribution in [2.24, 2.45) is 0 Å². The number of hydrogen-bond donors (Lipinski definition) is 1. The molecule has 0 aliphatic heterocycles. The monoisotopic (exact) mass is 587 g/mol. The van der Waals surface area contributed by atoms with Gasteiger partial charge in [0.05, 0.1) is 11.3 Å². The maximum absolute atomic E-state index is 10.0. The van der Waals surface area contributed by atoms with Crippen LogP contribution in [0.3, 0.4) is 0 Å². The van der Waals surface area contributed by atoms with Crippen molar-refractivity contribution >= 4 is 16.7 Å². The molecule has 0 aliphatic carbocycles. The largest absolute Gasteiger partial charge is 0.512 e. The van der Waals surface area contributed by atoms with E-state index in [4.69, 9.17) is 10.1 Å². The van der Waals surface area contributed by atoms with Gasteiger partial charge in [0.2, 0.25) is 0 Å². The average molecular weight is 587 g/mol. The summed E-state index contributed by atoms with van der Waals surface area (Å²) in [5.41, 5.74) is 6.63. The van der Waals surface area contributed by atoms with E-state index in [2.05, 4.69) is 67.6 Å². The van der Waals surface area contributed by atoms with Gasteiger partial charge in [0.1, 0.15) is 0 Å². The van der Waals surface area contributed by atoms with Crippen LogP contribution in [-0.4, -0.2) is 15.9 Å². The second-order valence-corrected chi connectivity index (χ2v) is 7.10. The van der Waals surface area contributed by atoms with Crippen LogP contribution in [0.4, 0.5) is 0 Å². The smallest absolute Gasteiger partial charge is 0.155 e. The van der Waals surface area contributed by atoms with Gasteiger partial charge in [0.15, 0.2) is 5.78 Å². The number of fused-ring (bicyclic) bond motifs is 1. The molecule has 0 bridgehead atoms. The normalized spacial score (nSPS) is 10.6. The van der Waals surface area contributed by atoms with Gasteiger partial charge in [-0.1, -0.05) is 60.2 Å². The van der Waals surface area contributed by atoms with Crippen molar-refractivity contribution in [1.29, 1.82) is 0 Å². The number of aliphatic hydroxyl groups is 1. The first kappa shape index (κ1) is 24.2. The maximum atomic E-state index is 10.0. The molecule has 0 amide bonds. The van der Waals surface area contributed by atoms with E-state index in [9.17, 15) is 4.79 Å². The summed E-state index contributed by atoms with van der Waals surface area (Å²) in [6.07, 6.45) is 1.17. The number of hydrogen-bond acceptors (Lipinski definition) is 3. The van der Waals surface area contributed by atoms with Crippen LogP contribution >= 0.6 is 0 Å². The number of carbonyl (C=O) groups is 1. The first-order valence-electron chi connectivity index (χ1n) is 9.76. The third kappa shape index (κ3) is 6.71.